The molecule has 2 unspecified atom stereocenters. The molecule has 138 valence electrons. The van der Waals surface area contributed by atoms with Crippen LogP contribution in [0.2, 0.25) is 6.55 Å². The standard InChI is InChI=1S/C25H20Cl2Si/c1-28(19-11-3-2-4-12-19,24-20-13-7-5-9-17(20)15-22(24)26)25-21-14-8-6-10-18(21)16-23(25)27/h2-16,24-25H,1H3. The van der Waals surface area contributed by atoms with Crippen molar-refractivity contribution in [3.05, 3.63) is 111 Å². The number of halogens is 2. The van der Waals surface area contributed by atoms with Crippen molar-refractivity contribution in [1.82, 2.24) is 0 Å². The van der Waals surface area contributed by atoms with Gasteiger partial charge in [-0.05, 0) is 34.4 Å². The Kier molecular flexibility index (Phi) is 4.35. The second-order valence-corrected chi connectivity index (χ2v) is 13.0. The predicted octanol–water partition coefficient (Wildman–Crippen LogP) is 6.80. The van der Waals surface area contributed by atoms with Crippen LogP contribution in [-0.4, -0.2) is 8.07 Å². The Morgan fingerprint density at radius 1 is 0.607 bits per heavy atom. The first-order valence-corrected chi connectivity index (χ1v) is 13.0. The third-order valence-electron chi connectivity index (χ3n) is 6.35. The highest BCUT2D eigenvalue weighted by molar-refractivity contribution is 6.95. The molecule has 2 aliphatic carbocycles. The molecule has 0 saturated carbocycles. The van der Waals surface area contributed by atoms with Crippen molar-refractivity contribution in [2.24, 2.45) is 0 Å². The van der Waals surface area contributed by atoms with Crippen molar-refractivity contribution in [3.8, 4) is 0 Å². The number of hydrogen-bond donors (Lipinski definition) is 0. The zero-order valence-corrected chi connectivity index (χ0v) is 18.1. The van der Waals surface area contributed by atoms with Crippen LogP contribution in [0.15, 0.2) is 88.9 Å². The molecule has 2 aliphatic rings. The van der Waals surface area contributed by atoms with E-state index in [-0.39, 0.29) is 11.1 Å². The van der Waals surface area contributed by atoms with Crippen LogP contribution in [0.5, 0.6) is 0 Å². The smallest absolute Gasteiger partial charge is 0.0888 e. The number of benzene rings is 3. The Morgan fingerprint density at radius 2 is 1.04 bits per heavy atom. The van der Waals surface area contributed by atoms with Crippen LogP contribution in [0.3, 0.4) is 0 Å². The monoisotopic (exact) mass is 418 g/mol. The van der Waals surface area contributed by atoms with Gasteiger partial charge in [-0.1, -0.05) is 114 Å². The first-order chi connectivity index (χ1) is 13.6. The van der Waals surface area contributed by atoms with E-state index in [1.165, 1.54) is 27.4 Å². The number of allylic oxidation sites excluding steroid dienone is 2. The maximum absolute atomic E-state index is 6.96. The molecule has 0 saturated heterocycles. The molecule has 0 aromatic heterocycles. The minimum absolute atomic E-state index is 0.186. The Morgan fingerprint density at radius 3 is 1.54 bits per heavy atom. The summed E-state index contributed by atoms with van der Waals surface area (Å²) in [6.07, 6.45) is 4.29. The van der Waals surface area contributed by atoms with Crippen molar-refractivity contribution >= 4 is 48.6 Å². The van der Waals surface area contributed by atoms with Gasteiger partial charge < -0.3 is 0 Å². The SMILES string of the molecule is C[Si](c1ccccc1)(C1C(Cl)=Cc2ccccc21)C1C(Cl)=Cc2ccccc21. The molecule has 0 radical (unpaired) electrons. The third kappa shape index (κ3) is 2.57. The van der Waals surface area contributed by atoms with E-state index in [2.05, 4.69) is 97.6 Å². The van der Waals surface area contributed by atoms with Crippen molar-refractivity contribution in [3.63, 3.8) is 0 Å². The summed E-state index contributed by atoms with van der Waals surface area (Å²) in [5.74, 6) is 0. The molecule has 0 heterocycles. The summed E-state index contributed by atoms with van der Waals surface area (Å²) in [6, 6.07) is 28.1. The van der Waals surface area contributed by atoms with E-state index in [1.54, 1.807) is 0 Å². The number of fused-ring (bicyclic) bond motifs is 2. The fourth-order valence-corrected chi connectivity index (χ4v) is 12.0. The van der Waals surface area contributed by atoms with Crippen LogP contribution >= 0.6 is 23.2 Å². The predicted molar refractivity (Wildman–Crippen MR) is 124 cm³/mol. The lowest BCUT2D eigenvalue weighted by Gasteiger charge is -2.41. The summed E-state index contributed by atoms with van der Waals surface area (Å²) < 4.78 is 0. The lowest BCUT2D eigenvalue weighted by molar-refractivity contribution is 1.04. The van der Waals surface area contributed by atoms with E-state index in [0.717, 1.165) is 10.1 Å². The van der Waals surface area contributed by atoms with Gasteiger partial charge in [-0.15, -0.1) is 0 Å². The van der Waals surface area contributed by atoms with Crippen LogP contribution in [0.25, 0.3) is 12.2 Å². The topological polar surface area (TPSA) is 0 Å². The summed E-state index contributed by atoms with van der Waals surface area (Å²) in [6.45, 7) is 2.45. The van der Waals surface area contributed by atoms with Gasteiger partial charge >= 0.3 is 0 Å². The first-order valence-electron chi connectivity index (χ1n) is 9.58. The second-order valence-electron chi connectivity index (χ2n) is 7.83. The van der Waals surface area contributed by atoms with Gasteiger partial charge in [-0.2, -0.15) is 0 Å². The highest BCUT2D eigenvalue weighted by atomic mass is 35.5. The molecule has 0 aliphatic heterocycles. The maximum Gasteiger partial charge on any atom is 0.110 e. The Bertz CT molecular complexity index is 1050. The van der Waals surface area contributed by atoms with Gasteiger partial charge in [0.05, 0.1) is 0 Å². The quantitative estimate of drug-likeness (QED) is 0.410. The molecule has 3 aromatic rings. The van der Waals surface area contributed by atoms with Crippen LogP contribution in [0.4, 0.5) is 0 Å². The molecule has 0 N–H and O–H groups in total. The van der Waals surface area contributed by atoms with Crippen molar-refractivity contribution < 1.29 is 0 Å². The molecule has 0 spiro atoms. The molecule has 3 aromatic carbocycles. The summed E-state index contributed by atoms with van der Waals surface area (Å²) in [5.41, 5.74) is 5.51. The molecule has 2 atom stereocenters. The zero-order valence-electron chi connectivity index (χ0n) is 15.6. The van der Waals surface area contributed by atoms with E-state index in [9.17, 15) is 0 Å². The van der Waals surface area contributed by atoms with E-state index < -0.39 is 8.07 Å². The van der Waals surface area contributed by atoms with Gasteiger partial charge in [0.1, 0.15) is 8.07 Å². The van der Waals surface area contributed by atoms with Gasteiger partial charge in [0, 0.05) is 21.1 Å². The largest absolute Gasteiger partial charge is 0.110 e. The second kappa shape index (κ2) is 6.77. The fourth-order valence-electron chi connectivity index (χ4n) is 5.09. The molecule has 0 bridgehead atoms. The summed E-state index contributed by atoms with van der Waals surface area (Å²) in [7, 11) is -2.29. The van der Waals surface area contributed by atoms with Crippen molar-refractivity contribution in [2.75, 3.05) is 0 Å². The molecular formula is C25H20Cl2Si. The van der Waals surface area contributed by atoms with Gasteiger partial charge in [-0.3, -0.25) is 0 Å². The lowest BCUT2D eigenvalue weighted by atomic mass is 10.1. The maximum atomic E-state index is 6.96. The molecular weight excluding hydrogens is 399 g/mol. The Labute approximate surface area is 177 Å². The minimum Gasteiger partial charge on any atom is -0.0888 e. The van der Waals surface area contributed by atoms with Gasteiger partial charge in [0.25, 0.3) is 0 Å². The van der Waals surface area contributed by atoms with Crippen LogP contribution < -0.4 is 5.19 Å². The van der Waals surface area contributed by atoms with Gasteiger partial charge in [0.2, 0.25) is 0 Å². The average molecular weight is 419 g/mol. The summed E-state index contributed by atoms with van der Waals surface area (Å²) in [4.78, 5) is 0. The van der Waals surface area contributed by atoms with E-state index in [0.29, 0.717) is 0 Å². The summed E-state index contributed by atoms with van der Waals surface area (Å²) in [5, 5.41) is 3.26. The van der Waals surface area contributed by atoms with E-state index in [1.807, 2.05) is 0 Å². The fraction of sp³-hybridized carbons (Fsp3) is 0.120. The normalized spacial score (nSPS) is 22.1. The van der Waals surface area contributed by atoms with Crippen LogP contribution in [0.1, 0.15) is 33.3 Å². The highest BCUT2D eigenvalue weighted by Gasteiger charge is 2.52. The summed E-state index contributed by atoms with van der Waals surface area (Å²) >= 11 is 13.9. The number of rotatable bonds is 3. The molecule has 0 amide bonds. The molecule has 28 heavy (non-hydrogen) atoms. The van der Waals surface area contributed by atoms with E-state index >= 15 is 0 Å². The number of hydrogen-bond acceptors (Lipinski definition) is 0. The van der Waals surface area contributed by atoms with Crippen LogP contribution in [-0.2, 0) is 0 Å². The minimum atomic E-state index is -2.29. The van der Waals surface area contributed by atoms with E-state index in [4.69, 9.17) is 23.2 Å². The highest BCUT2D eigenvalue weighted by Crippen LogP contribution is 2.53. The van der Waals surface area contributed by atoms with Crippen LogP contribution in [0, 0.1) is 0 Å². The molecule has 3 heteroatoms. The molecule has 0 fully saturated rings. The Balaban J connectivity index is 1.78. The Hall–Kier alpha value is -2.06. The first kappa shape index (κ1) is 18.0. The average Bonchev–Trinajstić information content (AvgIpc) is 3.24. The third-order valence-corrected chi connectivity index (χ3v) is 12.6. The van der Waals surface area contributed by atoms with Crippen molar-refractivity contribution in [1.29, 1.82) is 0 Å². The lowest BCUT2D eigenvalue weighted by Crippen LogP contribution is -2.55. The molecule has 5 rings (SSSR count). The van der Waals surface area contributed by atoms with Gasteiger partial charge in [-0.25, -0.2) is 0 Å². The van der Waals surface area contributed by atoms with Gasteiger partial charge in [0.15, 0.2) is 0 Å². The zero-order chi connectivity index (χ0) is 19.3. The van der Waals surface area contributed by atoms with Crippen molar-refractivity contribution in [2.45, 2.75) is 17.6 Å². The molecule has 0 nitrogen and oxygen atoms in total.